The van der Waals surface area contributed by atoms with Gasteiger partial charge in [0.15, 0.2) is 5.65 Å². The number of imidazole rings is 1. The number of benzene rings is 1. The molecule has 0 N–H and O–H groups in total. The summed E-state index contributed by atoms with van der Waals surface area (Å²) in [5, 5.41) is 0. The first-order valence-corrected chi connectivity index (χ1v) is 11.4. The van der Waals surface area contributed by atoms with Gasteiger partial charge in [0.05, 0.1) is 11.2 Å². The number of piperazine rings is 1. The van der Waals surface area contributed by atoms with Gasteiger partial charge in [-0.1, -0.05) is 26.8 Å². The Morgan fingerprint density at radius 2 is 1.79 bits per heavy atom. The quantitative estimate of drug-likeness (QED) is 0.608. The second-order valence-electron chi connectivity index (χ2n) is 10.1. The molecule has 1 aliphatic heterocycles. The van der Waals surface area contributed by atoms with Gasteiger partial charge in [-0.05, 0) is 35.2 Å². The van der Waals surface area contributed by atoms with Crippen molar-refractivity contribution < 1.29 is 9.18 Å². The number of fused-ring (bicyclic) bond motifs is 1. The molecule has 0 bridgehead atoms. The average molecular weight is 454 g/mol. The Balaban J connectivity index is 1.57. The van der Waals surface area contributed by atoms with Crippen LogP contribution < -0.4 is 5.69 Å². The van der Waals surface area contributed by atoms with Crippen molar-refractivity contribution in [2.45, 2.75) is 40.8 Å². The minimum atomic E-state index is -0.333. The molecule has 0 spiro atoms. The minimum absolute atomic E-state index is 0.0581. The molecule has 1 fully saturated rings. The molecule has 1 aliphatic rings. The summed E-state index contributed by atoms with van der Waals surface area (Å²) in [5.41, 5.74) is 2.93. The van der Waals surface area contributed by atoms with Crippen molar-refractivity contribution in [1.29, 1.82) is 0 Å². The van der Waals surface area contributed by atoms with E-state index in [2.05, 4.69) is 30.7 Å². The number of aryl methyl sites for hydroxylation is 1. The molecule has 3 heterocycles. The van der Waals surface area contributed by atoms with E-state index in [9.17, 15) is 9.59 Å². The summed E-state index contributed by atoms with van der Waals surface area (Å²) < 4.78 is 18.3. The zero-order valence-electron chi connectivity index (χ0n) is 20.1. The van der Waals surface area contributed by atoms with E-state index in [0.29, 0.717) is 43.1 Å². The molecule has 0 saturated carbocycles. The molecule has 0 atom stereocenters. The number of carbonyl (C=O) groups is 1. The number of aromatic nitrogens is 3. The molecule has 3 aromatic rings. The van der Waals surface area contributed by atoms with Crippen molar-refractivity contribution in [3.8, 4) is 11.3 Å². The number of carbonyl (C=O) groups excluding carboxylic acids is 1. The summed E-state index contributed by atoms with van der Waals surface area (Å²) in [6.45, 7) is 12.0. The largest absolute Gasteiger partial charge is 0.340 e. The standard InChI is InChI=1S/C25H32FN5O2/c1-17(32)30-12-10-29(11-13-30)15-18-6-7-19(20(26)14-18)21-8-9-22-23(27-21)28(5)24(33)31(22)16-25(2,3)4/h6-9,14H,10-13,15-16H2,1-5H3. The summed E-state index contributed by atoms with van der Waals surface area (Å²) in [6.07, 6.45) is 0. The van der Waals surface area contributed by atoms with Gasteiger partial charge in [0, 0.05) is 58.8 Å². The minimum Gasteiger partial charge on any atom is -0.340 e. The van der Waals surface area contributed by atoms with Crippen LogP contribution >= 0.6 is 0 Å². The van der Waals surface area contributed by atoms with Gasteiger partial charge in [-0.25, -0.2) is 14.2 Å². The molecule has 8 heteroatoms. The Kier molecular flexibility index (Phi) is 6.14. The van der Waals surface area contributed by atoms with Crippen LogP contribution in [0, 0.1) is 11.2 Å². The van der Waals surface area contributed by atoms with E-state index in [1.807, 2.05) is 17.0 Å². The number of hydrogen-bond acceptors (Lipinski definition) is 4. The highest BCUT2D eigenvalue weighted by molar-refractivity contribution is 5.76. The van der Waals surface area contributed by atoms with Gasteiger partial charge in [0.1, 0.15) is 5.82 Å². The molecule has 2 aromatic heterocycles. The molecule has 1 saturated heterocycles. The van der Waals surface area contributed by atoms with Gasteiger partial charge < -0.3 is 4.90 Å². The third-order valence-corrected chi connectivity index (χ3v) is 6.15. The lowest BCUT2D eigenvalue weighted by molar-refractivity contribution is -0.130. The first kappa shape index (κ1) is 23.2. The molecule has 33 heavy (non-hydrogen) atoms. The Bertz CT molecular complexity index is 1250. The molecule has 4 rings (SSSR count). The van der Waals surface area contributed by atoms with Crippen LogP contribution in [0.3, 0.4) is 0 Å². The van der Waals surface area contributed by atoms with Crippen LogP contribution in [-0.2, 0) is 24.9 Å². The second kappa shape index (κ2) is 8.74. The number of pyridine rings is 1. The van der Waals surface area contributed by atoms with Gasteiger partial charge in [-0.2, -0.15) is 0 Å². The lowest BCUT2D eigenvalue weighted by Crippen LogP contribution is -2.47. The van der Waals surface area contributed by atoms with Crippen LogP contribution in [-0.4, -0.2) is 56.0 Å². The molecule has 0 radical (unpaired) electrons. The van der Waals surface area contributed by atoms with E-state index in [4.69, 9.17) is 0 Å². The highest BCUT2D eigenvalue weighted by atomic mass is 19.1. The maximum absolute atomic E-state index is 15.1. The maximum Gasteiger partial charge on any atom is 0.330 e. The van der Waals surface area contributed by atoms with Crippen molar-refractivity contribution in [2.75, 3.05) is 26.2 Å². The van der Waals surface area contributed by atoms with Gasteiger partial charge >= 0.3 is 5.69 Å². The number of amides is 1. The fourth-order valence-electron chi connectivity index (χ4n) is 4.39. The SMILES string of the molecule is CC(=O)N1CCN(Cc2ccc(-c3ccc4c(n3)n(C)c(=O)n4CC(C)(C)C)c(F)c2)CC1. The van der Waals surface area contributed by atoms with Crippen LogP contribution in [0.5, 0.6) is 0 Å². The third-order valence-electron chi connectivity index (χ3n) is 6.15. The molecule has 1 aromatic carbocycles. The Labute approximate surface area is 193 Å². The molecule has 7 nitrogen and oxygen atoms in total. The Hall–Kier alpha value is -3.00. The number of rotatable bonds is 4. The fourth-order valence-corrected chi connectivity index (χ4v) is 4.39. The Morgan fingerprint density at radius 1 is 1.09 bits per heavy atom. The number of hydrogen-bond donors (Lipinski definition) is 0. The molecule has 176 valence electrons. The maximum atomic E-state index is 15.1. The molecular formula is C25H32FN5O2. The van der Waals surface area contributed by atoms with Crippen molar-refractivity contribution in [2.24, 2.45) is 12.5 Å². The molecule has 0 unspecified atom stereocenters. The first-order valence-electron chi connectivity index (χ1n) is 11.4. The van der Waals surface area contributed by atoms with Crippen molar-refractivity contribution in [3.05, 3.63) is 52.2 Å². The summed E-state index contributed by atoms with van der Waals surface area (Å²) >= 11 is 0. The zero-order chi connectivity index (χ0) is 23.9. The van der Waals surface area contributed by atoms with Crippen LogP contribution in [0.1, 0.15) is 33.3 Å². The Morgan fingerprint density at radius 3 is 2.39 bits per heavy atom. The van der Waals surface area contributed by atoms with Crippen LogP contribution in [0.15, 0.2) is 35.1 Å². The highest BCUT2D eigenvalue weighted by Gasteiger charge is 2.21. The monoisotopic (exact) mass is 453 g/mol. The van der Waals surface area contributed by atoms with E-state index < -0.39 is 0 Å². The van der Waals surface area contributed by atoms with Gasteiger partial charge in [-0.15, -0.1) is 0 Å². The summed E-state index contributed by atoms with van der Waals surface area (Å²) in [4.78, 5) is 33.0. The smallest absolute Gasteiger partial charge is 0.330 e. The van der Waals surface area contributed by atoms with Gasteiger partial charge in [0.25, 0.3) is 0 Å². The molecule has 1 amide bonds. The van der Waals surface area contributed by atoms with E-state index in [1.54, 1.807) is 36.7 Å². The van der Waals surface area contributed by atoms with E-state index in [0.717, 1.165) is 24.2 Å². The first-order chi connectivity index (χ1) is 15.5. The normalized spacial score (nSPS) is 15.4. The summed E-state index contributed by atoms with van der Waals surface area (Å²) in [5.74, 6) is -0.235. The topological polar surface area (TPSA) is 63.4 Å². The van der Waals surface area contributed by atoms with Crippen LogP contribution in [0.25, 0.3) is 22.4 Å². The van der Waals surface area contributed by atoms with E-state index in [1.165, 1.54) is 4.57 Å². The van der Waals surface area contributed by atoms with Crippen molar-refractivity contribution in [3.63, 3.8) is 0 Å². The number of halogens is 1. The molecular weight excluding hydrogens is 421 g/mol. The van der Waals surface area contributed by atoms with E-state index in [-0.39, 0.29) is 22.8 Å². The predicted octanol–water partition coefficient (Wildman–Crippen LogP) is 3.25. The fraction of sp³-hybridized carbons (Fsp3) is 0.480. The van der Waals surface area contributed by atoms with Crippen molar-refractivity contribution >= 4 is 17.1 Å². The second-order valence-corrected chi connectivity index (χ2v) is 10.1. The highest BCUT2D eigenvalue weighted by Crippen LogP contribution is 2.26. The third kappa shape index (κ3) is 4.85. The van der Waals surface area contributed by atoms with Gasteiger partial charge in [0.2, 0.25) is 5.91 Å². The van der Waals surface area contributed by atoms with Crippen LogP contribution in [0.2, 0.25) is 0 Å². The lowest BCUT2D eigenvalue weighted by Gasteiger charge is -2.34. The van der Waals surface area contributed by atoms with Crippen molar-refractivity contribution in [1.82, 2.24) is 23.9 Å². The molecule has 0 aliphatic carbocycles. The van der Waals surface area contributed by atoms with Crippen LogP contribution in [0.4, 0.5) is 4.39 Å². The lowest BCUT2D eigenvalue weighted by atomic mass is 9.97. The summed E-state index contributed by atoms with van der Waals surface area (Å²) in [6, 6.07) is 8.87. The average Bonchev–Trinajstić information content (AvgIpc) is 2.97. The van der Waals surface area contributed by atoms with E-state index >= 15 is 4.39 Å². The van der Waals surface area contributed by atoms with Gasteiger partial charge in [-0.3, -0.25) is 18.8 Å². The number of nitrogens with zero attached hydrogens (tertiary/aromatic N) is 5. The zero-order valence-corrected chi connectivity index (χ0v) is 20.1. The summed E-state index contributed by atoms with van der Waals surface area (Å²) in [7, 11) is 1.70. The predicted molar refractivity (Wildman–Crippen MR) is 127 cm³/mol.